The third-order valence-electron chi connectivity index (χ3n) is 3.96. The van der Waals surface area contributed by atoms with Crippen molar-refractivity contribution in [1.29, 1.82) is 0 Å². The van der Waals surface area contributed by atoms with Crippen molar-refractivity contribution in [1.82, 2.24) is 20.0 Å². The first-order valence-electron chi connectivity index (χ1n) is 8.81. The smallest absolute Gasteiger partial charge is 0.290 e. The fraction of sp³-hybridized carbons (Fsp3) is 0.471. The summed E-state index contributed by atoms with van der Waals surface area (Å²) in [6.07, 6.45) is 2.30. The normalized spacial score (nSPS) is 14.4. The Morgan fingerprint density at radius 2 is 2.14 bits per heavy atom. The van der Waals surface area contributed by atoms with Crippen molar-refractivity contribution in [3.05, 3.63) is 29.2 Å². The van der Waals surface area contributed by atoms with Gasteiger partial charge in [-0.15, -0.1) is 10.2 Å². The minimum atomic E-state index is -0.250. The molecule has 0 bridgehead atoms. The van der Waals surface area contributed by atoms with E-state index in [1.165, 1.54) is 17.6 Å². The molecule has 29 heavy (non-hydrogen) atoms. The second kappa shape index (κ2) is 11.9. The van der Waals surface area contributed by atoms with Crippen LogP contribution in [0.1, 0.15) is 22.0 Å². The number of furan rings is 1. The van der Waals surface area contributed by atoms with Gasteiger partial charge in [-0.2, -0.15) is 0 Å². The SMILES string of the molecule is COCc1nnc(NC(=O)CN2CCCN(C(=O)c3ccco3)CC2)s1.O=CO. The van der Waals surface area contributed by atoms with Crippen LogP contribution in [0.5, 0.6) is 0 Å². The number of aromatic nitrogens is 2. The van der Waals surface area contributed by atoms with Gasteiger partial charge in [0.05, 0.1) is 12.8 Å². The zero-order chi connectivity index (χ0) is 21.1. The number of ether oxygens (including phenoxy) is 1. The summed E-state index contributed by atoms with van der Waals surface area (Å²) in [5, 5.41) is 18.7. The van der Waals surface area contributed by atoms with E-state index in [-0.39, 0.29) is 24.8 Å². The molecule has 2 aromatic rings. The average molecular weight is 425 g/mol. The van der Waals surface area contributed by atoms with Gasteiger partial charge in [0.1, 0.15) is 11.6 Å². The highest BCUT2D eigenvalue weighted by Gasteiger charge is 2.23. The van der Waals surface area contributed by atoms with Gasteiger partial charge < -0.3 is 19.2 Å². The molecule has 0 saturated carbocycles. The summed E-state index contributed by atoms with van der Waals surface area (Å²) < 4.78 is 10.2. The van der Waals surface area contributed by atoms with Crippen LogP contribution >= 0.6 is 11.3 Å². The Kier molecular flexibility index (Phi) is 9.21. The maximum Gasteiger partial charge on any atom is 0.290 e. The van der Waals surface area contributed by atoms with E-state index in [1.807, 2.05) is 4.90 Å². The number of hydrogen-bond acceptors (Lipinski definition) is 9. The van der Waals surface area contributed by atoms with E-state index in [1.54, 1.807) is 24.1 Å². The third kappa shape index (κ3) is 7.25. The Hall–Kier alpha value is -2.83. The average Bonchev–Trinajstić information content (AvgIpc) is 3.32. The minimum Gasteiger partial charge on any atom is -0.483 e. The monoisotopic (exact) mass is 425 g/mol. The quantitative estimate of drug-likeness (QED) is 0.642. The number of hydrogen-bond donors (Lipinski definition) is 2. The van der Waals surface area contributed by atoms with Crippen LogP contribution < -0.4 is 5.32 Å². The Morgan fingerprint density at radius 1 is 1.34 bits per heavy atom. The first kappa shape index (κ1) is 22.5. The van der Waals surface area contributed by atoms with Crippen molar-refractivity contribution >= 4 is 34.8 Å². The molecule has 0 aromatic carbocycles. The Morgan fingerprint density at radius 3 is 2.83 bits per heavy atom. The molecule has 1 aliphatic rings. The lowest BCUT2D eigenvalue weighted by Gasteiger charge is -2.20. The number of methoxy groups -OCH3 is 1. The number of carbonyl (C=O) groups is 3. The second-order valence-electron chi connectivity index (χ2n) is 5.99. The predicted octanol–water partition coefficient (Wildman–Crippen LogP) is 0.765. The van der Waals surface area contributed by atoms with Gasteiger partial charge in [-0.25, -0.2) is 0 Å². The van der Waals surface area contributed by atoms with Gasteiger partial charge in [0.25, 0.3) is 12.4 Å². The molecule has 2 N–H and O–H groups in total. The lowest BCUT2D eigenvalue weighted by Crippen LogP contribution is -2.37. The van der Waals surface area contributed by atoms with Crippen LogP contribution in [0.15, 0.2) is 22.8 Å². The number of rotatable bonds is 6. The van der Waals surface area contributed by atoms with Gasteiger partial charge in [-0.3, -0.25) is 24.6 Å². The number of amides is 2. The van der Waals surface area contributed by atoms with Gasteiger partial charge in [-0.05, 0) is 18.6 Å². The molecule has 0 spiro atoms. The summed E-state index contributed by atoms with van der Waals surface area (Å²) in [6.45, 7) is 2.96. The molecular weight excluding hydrogens is 402 g/mol. The van der Waals surface area contributed by atoms with E-state index in [0.29, 0.717) is 42.1 Å². The molecule has 12 heteroatoms. The van der Waals surface area contributed by atoms with E-state index < -0.39 is 0 Å². The van der Waals surface area contributed by atoms with Gasteiger partial charge in [0, 0.05) is 33.3 Å². The van der Waals surface area contributed by atoms with Crippen LogP contribution in [0.4, 0.5) is 5.13 Å². The van der Waals surface area contributed by atoms with Gasteiger partial charge >= 0.3 is 0 Å². The molecule has 0 atom stereocenters. The predicted molar refractivity (Wildman–Crippen MR) is 104 cm³/mol. The number of carbonyl (C=O) groups excluding carboxylic acids is 2. The van der Waals surface area contributed by atoms with Gasteiger partial charge in [-0.1, -0.05) is 11.3 Å². The summed E-state index contributed by atoms with van der Waals surface area (Å²) in [4.78, 5) is 36.7. The van der Waals surface area contributed by atoms with E-state index in [9.17, 15) is 9.59 Å². The van der Waals surface area contributed by atoms with Crippen molar-refractivity contribution < 1.29 is 28.6 Å². The molecule has 1 fully saturated rings. The van der Waals surface area contributed by atoms with E-state index in [4.69, 9.17) is 19.1 Å². The van der Waals surface area contributed by atoms with E-state index in [2.05, 4.69) is 15.5 Å². The molecular formula is C17H23N5O6S. The van der Waals surface area contributed by atoms with Crippen LogP contribution in [-0.2, 0) is 20.9 Å². The first-order valence-corrected chi connectivity index (χ1v) is 9.63. The maximum atomic E-state index is 12.3. The summed E-state index contributed by atoms with van der Waals surface area (Å²) in [5.74, 6) is 0.0936. The molecule has 0 radical (unpaired) electrons. The highest BCUT2D eigenvalue weighted by atomic mass is 32.1. The molecule has 1 saturated heterocycles. The standard InChI is InChI=1S/C16H21N5O4S.CH2O2/c1-24-11-14-18-19-16(26-14)17-13(22)10-20-5-3-6-21(8-7-20)15(23)12-4-2-9-25-12;2-1-3/h2,4,9H,3,5-8,10-11H2,1H3,(H,17,19,22);1H,(H,2,3). The first-order chi connectivity index (χ1) is 14.1. The van der Waals surface area contributed by atoms with Crippen LogP contribution in [0, 0.1) is 0 Å². The molecule has 3 heterocycles. The van der Waals surface area contributed by atoms with Crippen molar-refractivity contribution in [2.75, 3.05) is 45.2 Å². The fourth-order valence-corrected chi connectivity index (χ4v) is 3.46. The van der Waals surface area contributed by atoms with Crippen LogP contribution in [0.3, 0.4) is 0 Å². The number of nitrogens with zero attached hydrogens (tertiary/aromatic N) is 4. The fourth-order valence-electron chi connectivity index (χ4n) is 2.74. The lowest BCUT2D eigenvalue weighted by molar-refractivity contribution is -0.123. The van der Waals surface area contributed by atoms with Crippen molar-refractivity contribution in [3.63, 3.8) is 0 Å². The van der Waals surface area contributed by atoms with Crippen molar-refractivity contribution in [2.24, 2.45) is 0 Å². The largest absolute Gasteiger partial charge is 0.483 e. The molecule has 11 nitrogen and oxygen atoms in total. The van der Waals surface area contributed by atoms with Crippen LogP contribution in [-0.4, -0.2) is 83.2 Å². The van der Waals surface area contributed by atoms with Crippen molar-refractivity contribution in [2.45, 2.75) is 13.0 Å². The van der Waals surface area contributed by atoms with Gasteiger partial charge in [0.2, 0.25) is 11.0 Å². The zero-order valence-electron chi connectivity index (χ0n) is 15.9. The maximum absolute atomic E-state index is 12.3. The van der Waals surface area contributed by atoms with Crippen LogP contribution in [0.2, 0.25) is 0 Å². The molecule has 2 amide bonds. The number of nitrogens with one attached hydrogen (secondary N) is 1. The Bertz CT molecular complexity index is 781. The van der Waals surface area contributed by atoms with Gasteiger partial charge in [0.15, 0.2) is 5.76 Å². The molecule has 1 aliphatic heterocycles. The lowest BCUT2D eigenvalue weighted by atomic mass is 10.3. The molecule has 3 rings (SSSR count). The molecule has 0 unspecified atom stereocenters. The minimum absolute atomic E-state index is 0.110. The number of anilines is 1. The van der Waals surface area contributed by atoms with Crippen molar-refractivity contribution in [3.8, 4) is 0 Å². The Balaban J connectivity index is 0.000000941. The molecule has 2 aromatic heterocycles. The van der Waals surface area contributed by atoms with Crippen LogP contribution in [0.25, 0.3) is 0 Å². The topological polar surface area (TPSA) is 138 Å². The zero-order valence-corrected chi connectivity index (χ0v) is 16.8. The molecule has 158 valence electrons. The summed E-state index contributed by atoms with van der Waals surface area (Å²) in [6, 6.07) is 3.37. The van der Waals surface area contributed by atoms with E-state index in [0.717, 1.165) is 13.0 Å². The molecule has 0 aliphatic carbocycles. The third-order valence-corrected chi connectivity index (χ3v) is 4.77. The highest BCUT2D eigenvalue weighted by Crippen LogP contribution is 2.16. The second-order valence-corrected chi connectivity index (χ2v) is 7.05. The Labute approximate surface area is 171 Å². The number of carboxylic acid groups (broad SMARTS) is 1. The highest BCUT2D eigenvalue weighted by molar-refractivity contribution is 7.15. The summed E-state index contributed by atoms with van der Waals surface area (Å²) in [7, 11) is 1.58. The van der Waals surface area contributed by atoms with E-state index >= 15 is 0 Å². The summed E-state index contributed by atoms with van der Waals surface area (Å²) in [5.41, 5.74) is 0. The summed E-state index contributed by atoms with van der Waals surface area (Å²) >= 11 is 1.29.